The molecule has 1 aromatic rings. The average molecular weight is 312 g/mol. The summed E-state index contributed by atoms with van der Waals surface area (Å²) in [5.41, 5.74) is -0.865. The van der Waals surface area contributed by atoms with Crippen molar-refractivity contribution in [1.29, 1.82) is 0 Å². The van der Waals surface area contributed by atoms with Crippen molar-refractivity contribution in [1.82, 2.24) is 0 Å². The second-order valence-electron chi connectivity index (χ2n) is 7.14. The van der Waals surface area contributed by atoms with Crippen LogP contribution in [0.25, 0.3) is 0 Å². The Morgan fingerprint density at radius 1 is 0.826 bits per heavy atom. The van der Waals surface area contributed by atoms with Crippen LogP contribution >= 0.6 is 0 Å². The van der Waals surface area contributed by atoms with Crippen LogP contribution in [-0.4, -0.2) is 10.7 Å². The normalized spacial score (nSPS) is 20.6. The third kappa shape index (κ3) is 4.09. The number of ether oxygens (including phenoxy) is 1. The standard InChI is InChI=1S/C21H28O2/c22-21(18-10-4-1-5-11-18,19-12-6-2-7-13-19)16-17-23-20-14-8-3-9-15-20/h3,8-9,14-15,18-19,22H,1-2,4-7,10-13H2. The molecule has 0 spiro atoms. The van der Waals surface area contributed by atoms with Crippen LogP contribution < -0.4 is 4.74 Å². The highest BCUT2D eigenvalue weighted by atomic mass is 16.5. The molecular weight excluding hydrogens is 284 g/mol. The van der Waals surface area contributed by atoms with E-state index in [9.17, 15) is 5.11 Å². The van der Waals surface area contributed by atoms with Crippen LogP contribution in [0.2, 0.25) is 0 Å². The fourth-order valence-electron chi connectivity index (χ4n) is 4.28. The molecule has 0 saturated heterocycles. The van der Waals surface area contributed by atoms with Gasteiger partial charge in [0.05, 0.1) is 0 Å². The Morgan fingerprint density at radius 3 is 1.87 bits per heavy atom. The number of hydrogen-bond donors (Lipinski definition) is 1. The Labute approximate surface area is 140 Å². The van der Waals surface area contributed by atoms with Crippen molar-refractivity contribution < 1.29 is 9.84 Å². The Bertz CT molecular complexity index is 510. The summed E-state index contributed by atoms with van der Waals surface area (Å²) in [6, 6.07) is 9.63. The molecule has 3 rings (SSSR count). The van der Waals surface area contributed by atoms with Gasteiger partial charge < -0.3 is 9.84 Å². The summed E-state index contributed by atoms with van der Waals surface area (Å²) in [7, 11) is 0. The van der Waals surface area contributed by atoms with Crippen molar-refractivity contribution in [3.05, 3.63) is 30.3 Å². The Balaban J connectivity index is 1.76. The molecule has 0 atom stereocenters. The van der Waals surface area contributed by atoms with E-state index in [0.717, 1.165) is 31.4 Å². The van der Waals surface area contributed by atoms with E-state index in [2.05, 4.69) is 12.0 Å². The maximum absolute atomic E-state index is 11.5. The SMILES string of the molecule is OC(C#COc1ccccc1)(C1CCCCC1)C1CCCCC1. The van der Waals surface area contributed by atoms with Crippen LogP contribution in [0.4, 0.5) is 0 Å². The number of aliphatic hydroxyl groups is 1. The van der Waals surface area contributed by atoms with Gasteiger partial charge in [0.1, 0.15) is 17.5 Å². The molecule has 0 aromatic heterocycles. The summed E-state index contributed by atoms with van der Waals surface area (Å²) >= 11 is 0. The van der Waals surface area contributed by atoms with Crippen molar-refractivity contribution in [3.8, 4) is 17.8 Å². The summed E-state index contributed by atoms with van der Waals surface area (Å²) < 4.78 is 5.56. The number of para-hydroxylation sites is 1. The summed E-state index contributed by atoms with van der Waals surface area (Å²) in [6.07, 6.45) is 14.7. The molecule has 2 aliphatic rings. The molecule has 23 heavy (non-hydrogen) atoms. The van der Waals surface area contributed by atoms with Crippen molar-refractivity contribution in [2.24, 2.45) is 11.8 Å². The molecule has 2 aliphatic carbocycles. The second kappa shape index (κ2) is 7.88. The first-order valence-electron chi connectivity index (χ1n) is 9.25. The predicted molar refractivity (Wildman–Crippen MR) is 92.9 cm³/mol. The second-order valence-corrected chi connectivity index (χ2v) is 7.14. The number of benzene rings is 1. The zero-order chi connectivity index (χ0) is 16.0. The van der Waals surface area contributed by atoms with Gasteiger partial charge in [0.15, 0.2) is 0 Å². The van der Waals surface area contributed by atoms with Crippen LogP contribution in [0.15, 0.2) is 30.3 Å². The lowest BCUT2D eigenvalue weighted by atomic mass is 9.67. The maximum atomic E-state index is 11.5. The van der Waals surface area contributed by atoms with Gasteiger partial charge in [-0.3, -0.25) is 0 Å². The third-order valence-electron chi connectivity index (χ3n) is 5.62. The van der Waals surface area contributed by atoms with Crippen molar-refractivity contribution in [2.45, 2.75) is 69.8 Å². The summed E-state index contributed by atoms with van der Waals surface area (Å²) in [6.45, 7) is 0. The van der Waals surface area contributed by atoms with E-state index in [0.29, 0.717) is 11.8 Å². The highest BCUT2D eigenvalue weighted by molar-refractivity contribution is 5.25. The van der Waals surface area contributed by atoms with Gasteiger partial charge in [-0.1, -0.05) is 56.7 Å². The average Bonchev–Trinajstić information content (AvgIpc) is 2.64. The molecule has 124 valence electrons. The van der Waals surface area contributed by atoms with Crippen molar-refractivity contribution in [2.75, 3.05) is 0 Å². The van der Waals surface area contributed by atoms with E-state index >= 15 is 0 Å². The Hall–Kier alpha value is -1.46. The molecule has 0 unspecified atom stereocenters. The minimum atomic E-state index is -0.865. The molecule has 0 amide bonds. The molecule has 1 N–H and O–H groups in total. The molecule has 2 saturated carbocycles. The van der Waals surface area contributed by atoms with Crippen LogP contribution in [0.1, 0.15) is 64.2 Å². The fraction of sp³-hybridized carbons (Fsp3) is 0.619. The minimum absolute atomic E-state index is 0.311. The van der Waals surface area contributed by atoms with Crippen LogP contribution in [0, 0.1) is 23.9 Å². The van der Waals surface area contributed by atoms with E-state index in [4.69, 9.17) is 4.74 Å². The summed E-state index contributed by atoms with van der Waals surface area (Å²) in [5.74, 6) is 4.54. The van der Waals surface area contributed by atoms with Crippen molar-refractivity contribution in [3.63, 3.8) is 0 Å². The highest BCUT2D eigenvalue weighted by Crippen LogP contribution is 2.42. The first kappa shape index (κ1) is 16.4. The van der Waals surface area contributed by atoms with Crippen LogP contribution in [0.3, 0.4) is 0 Å². The molecule has 1 aromatic carbocycles. The first-order valence-corrected chi connectivity index (χ1v) is 9.25. The maximum Gasteiger partial charge on any atom is 0.140 e. The molecular formula is C21H28O2. The lowest BCUT2D eigenvalue weighted by Gasteiger charge is -2.41. The van der Waals surface area contributed by atoms with E-state index < -0.39 is 5.60 Å². The van der Waals surface area contributed by atoms with Gasteiger partial charge in [-0.25, -0.2) is 0 Å². The summed E-state index contributed by atoms with van der Waals surface area (Å²) in [4.78, 5) is 0. The smallest absolute Gasteiger partial charge is 0.140 e. The van der Waals surface area contributed by atoms with Gasteiger partial charge in [0.2, 0.25) is 0 Å². The lowest BCUT2D eigenvalue weighted by Crippen LogP contribution is -2.45. The third-order valence-corrected chi connectivity index (χ3v) is 5.62. The number of rotatable bonds is 3. The molecule has 0 aliphatic heterocycles. The van der Waals surface area contributed by atoms with Crippen LogP contribution in [-0.2, 0) is 0 Å². The molecule has 2 heteroatoms. The van der Waals surface area contributed by atoms with Gasteiger partial charge in [-0.05, 0) is 55.6 Å². The zero-order valence-electron chi connectivity index (χ0n) is 14.0. The summed E-state index contributed by atoms with van der Waals surface area (Å²) in [5, 5.41) is 11.5. The molecule has 2 fully saturated rings. The van der Waals surface area contributed by atoms with E-state index in [1.807, 2.05) is 30.3 Å². The van der Waals surface area contributed by atoms with Crippen LogP contribution in [0.5, 0.6) is 5.75 Å². The van der Waals surface area contributed by atoms with E-state index in [-0.39, 0.29) is 0 Å². The Morgan fingerprint density at radius 2 is 1.35 bits per heavy atom. The zero-order valence-corrected chi connectivity index (χ0v) is 14.0. The topological polar surface area (TPSA) is 29.5 Å². The largest absolute Gasteiger partial charge is 0.407 e. The molecule has 0 bridgehead atoms. The molecule has 2 nitrogen and oxygen atoms in total. The minimum Gasteiger partial charge on any atom is -0.407 e. The van der Waals surface area contributed by atoms with E-state index in [1.54, 1.807) is 0 Å². The first-order chi connectivity index (χ1) is 11.3. The van der Waals surface area contributed by atoms with Gasteiger partial charge in [-0.2, -0.15) is 0 Å². The van der Waals surface area contributed by atoms with Gasteiger partial charge >= 0.3 is 0 Å². The number of hydrogen-bond acceptors (Lipinski definition) is 2. The fourth-order valence-corrected chi connectivity index (χ4v) is 4.28. The monoisotopic (exact) mass is 312 g/mol. The Kier molecular flexibility index (Phi) is 5.62. The highest BCUT2D eigenvalue weighted by Gasteiger charge is 2.43. The van der Waals surface area contributed by atoms with E-state index in [1.165, 1.54) is 38.5 Å². The van der Waals surface area contributed by atoms with Gasteiger partial charge in [0, 0.05) is 0 Å². The van der Waals surface area contributed by atoms with Gasteiger partial charge in [0.25, 0.3) is 0 Å². The molecule has 0 heterocycles. The predicted octanol–water partition coefficient (Wildman–Crippen LogP) is 4.92. The lowest BCUT2D eigenvalue weighted by molar-refractivity contribution is -0.0435. The molecule has 0 radical (unpaired) electrons. The quantitative estimate of drug-likeness (QED) is 0.803. The van der Waals surface area contributed by atoms with Crippen molar-refractivity contribution >= 4 is 0 Å². The van der Waals surface area contributed by atoms with Gasteiger partial charge in [-0.15, -0.1) is 0 Å².